The molecule has 24 heavy (non-hydrogen) atoms. The molecule has 0 saturated carbocycles. The lowest BCUT2D eigenvalue weighted by molar-refractivity contribution is -0.133. The Morgan fingerprint density at radius 2 is 2.21 bits per heavy atom. The molecule has 0 radical (unpaired) electrons. The highest BCUT2D eigenvalue weighted by Gasteiger charge is 2.20. The average molecular weight is 331 g/mol. The van der Waals surface area contributed by atoms with E-state index in [0.29, 0.717) is 18.2 Å². The molecular formula is C18H29N5O. The Morgan fingerprint density at radius 1 is 1.33 bits per heavy atom. The zero-order chi connectivity index (χ0) is 16.9. The summed E-state index contributed by atoms with van der Waals surface area (Å²) in [5, 5.41) is 3.46. The van der Waals surface area contributed by atoms with E-state index in [1.165, 1.54) is 12.8 Å². The Morgan fingerprint density at radius 3 is 2.96 bits per heavy atom. The van der Waals surface area contributed by atoms with E-state index in [9.17, 15) is 4.79 Å². The van der Waals surface area contributed by atoms with Gasteiger partial charge in [-0.25, -0.2) is 9.97 Å². The maximum atomic E-state index is 11.9. The molecule has 3 rings (SSSR count). The summed E-state index contributed by atoms with van der Waals surface area (Å²) in [5.74, 6) is 2.57. The number of anilines is 1. The van der Waals surface area contributed by atoms with Gasteiger partial charge in [0.1, 0.15) is 11.6 Å². The monoisotopic (exact) mass is 331 g/mol. The van der Waals surface area contributed by atoms with E-state index in [0.717, 1.165) is 62.9 Å². The second-order valence-corrected chi connectivity index (χ2v) is 7.00. The second kappa shape index (κ2) is 7.92. The van der Waals surface area contributed by atoms with Gasteiger partial charge in [0, 0.05) is 51.6 Å². The lowest BCUT2D eigenvalue weighted by Crippen LogP contribution is -2.40. The van der Waals surface area contributed by atoms with Crippen molar-refractivity contribution in [2.75, 3.05) is 44.7 Å². The van der Waals surface area contributed by atoms with Gasteiger partial charge >= 0.3 is 0 Å². The van der Waals surface area contributed by atoms with Crippen molar-refractivity contribution in [3.63, 3.8) is 0 Å². The number of likely N-dealkylation sites (N-methyl/N-ethyl adjacent to an activating group) is 1. The minimum Gasteiger partial charge on any atom is -0.358 e. The SMILES string of the molecule is Cc1nc([C@@H]2CCCNC2)cc(N(C)CCN2CCCCC2=O)n1. The number of carbonyl (C=O) groups is 1. The van der Waals surface area contributed by atoms with Gasteiger partial charge in [-0.05, 0) is 39.2 Å². The van der Waals surface area contributed by atoms with Gasteiger partial charge in [-0.15, -0.1) is 0 Å². The molecule has 1 atom stereocenters. The summed E-state index contributed by atoms with van der Waals surface area (Å²) in [4.78, 5) is 25.3. The highest BCUT2D eigenvalue weighted by molar-refractivity contribution is 5.76. The first kappa shape index (κ1) is 17.1. The van der Waals surface area contributed by atoms with Gasteiger partial charge in [-0.1, -0.05) is 0 Å². The quantitative estimate of drug-likeness (QED) is 0.890. The lowest BCUT2D eigenvalue weighted by Gasteiger charge is -2.29. The van der Waals surface area contributed by atoms with Crippen LogP contribution >= 0.6 is 0 Å². The van der Waals surface area contributed by atoms with Crippen molar-refractivity contribution in [1.82, 2.24) is 20.2 Å². The molecule has 1 amide bonds. The van der Waals surface area contributed by atoms with Crippen LogP contribution in [0.3, 0.4) is 0 Å². The van der Waals surface area contributed by atoms with E-state index in [1.54, 1.807) is 0 Å². The fourth-order valence-electron chi connectivity index (χ4n) is 3.57. The van der Waals surface area contributed by atoms with Crippen molar-refractivity contribution in [2.24, 2.45) is 0 Å². The molecule has 2 saturated heterocycles. The molecule has 2 fully saturated rings. The van der Waals surface area contributed by atoms with E-state index in [-0.39, 0.29) is 0 Å². The van der Waals surface area contributed by atoms with Crippen LogP contribution in [0.25, 0.3) is 0 Å². The topological polar surface area (TPSA) is 61.4 Å². The largest absolute Gasteiger partial charge is 0.358 e. The molecule has 1 N–H and O–H groups in total. The van der Waals surface area contributed by atoms with Crippen molar-refractivity contribution >= 4 is 11.7 Å². The van der Waals surface area contributed by atoms with Crippen LogP contribution in [0.5, 0.6) is 0 Å². The molecule has 1 aromatic heterocycles. The third-order valence-corrected chi connectivity index (χ3v) is 5.08. The Labute approximate surface area is 144 Å². The average Bonchev–Trinajstić information content (AvgIpc) is 2.61. The van der Waals surface area contributed by atoms with Gasteiger partial charge in [0.25, 0.3) is 0 Å². The van der Waals surface area contributed by atoms with Crippen LogP contribution in [0.2, 0.25) is 0 Å². The zero-order valence-corrected chi connectivity index (χ0v) is 14.9. The number of aromatic nitrogens is 2. The number of carbonyl (C=O) groups excluding carboxylic acids is 1. The molecule has 3 heterocycles. The Hall–Kier alpha value is -1.69. The molecular weight excluding hydrogens is 302 g/mol. The number of hydrogen-bond donors (Lipinski definition) is 1. The van der Waals surface area contributed by atoms with Crippen LogP contribution in [0.4, 0.5) is 5.82 Å². The molecule has 132 valence electrons. The summed E-state index contributed by atoms with van der Waals surface area (Å²) >= 11 is 0. The molecule has 1 aromatic rings. The van der Waals surface area contributed by atoms with E-state index < -0.39 is 0 Å². The Kier molecular flexibility index (Phi) is 5.66. The molecule has 2 aliphatic heterocycles. The third kappa shape index (κ3) is 4.23. The number of rotatable bonds is 5. The first-order valence-electron chi connectivity index (χ1n) is 9.18. The summed E-state index contributed by atoms with van der Waals surface area (Å²) in [6.07, 6.45) is 5.26. The number of nitrogens with zero attached hydrogens (tertiary/aromatic N) is 4. The predicted molar refractivity (Wildman–Crippen MR) is 95.3 cm³/mol. The molecule has 0 unspecified atom stereocenters. The standard InChI is InChI=1S/C18H29N5O/c1-14-20-16(15-6-5-8-19-13-15)12-17(21-14)22(2)10-11-23-9-4-3-7-18(23)24/h12,15,19H,3-11,13H2,1-2H3/t15-/m1/s1. The number of aryl methyl sites for hydroxylation is 1. The first-order valence-corrected chi connectivity index (χ1v) is 9.18. The minimum atomic E-state index is 0.294. The molecule has 0 spiro atoms. The summed E-state index contributed by atoms with van der Waals surface area (Å²) in [6, 6.07) is 2.13. The van der Waals surface area contributed by atoms with Crippen molar-refractivity contribution in [3.05, 3.63) is 17.6 Å². The number of piperidine rings is 2. The van der Waals surface area contributed by atoms with Gasteiger partial charge in [-0.3, -0.25) is 4.79 Å². The highest BCUT2D eigenvalue weighted by atomic mass is 16.2. The smallest absolute Gasteiger partial charge is 0.222 e. The van der Waals surface area contributed by atoms with Gasteiger partial charge in [0.15, 0.2) is 0 Å². The summed E-state index contributed by atoms with van der Waals surface area (Å²) in [5.41, 5.74) is 1.14. The van der Waals surface area contributed by atoms with Crippen molar-refractivity contribution in [3.8, 4) is 0 Å². The van der Waals surface area contributed by atoms with Crippen LogP contribution in [-0.2, 0) is 4.79 Å². The van der Waals surface area contributed by atoms with Crippen LogP contribution in [-0.4, -0.2) is 60.5 Å². The third-order valence-electron chi connectivity index (χ3n) is 5.08. The lowest BCUT2D eigenvalue weighted by atomic mass is 9.96. The maximum absolute atomic E-state index is 11.9. The van der Waals surface area contributed by atoms with Crippen LogP contribution < -0.4 is 10.2 Å². The Balaban J connectivity index is 1.64. The van der Waals surface area contributed by atoms with Crippen LogP contribution in [0.15, 0.2) is 6.07 Å². The molecule has 6 heteroatoms. The molecule has 6 nitrogen and oxygen atoms in total. The van der Waals surface area contributed by atoms with E-state index in [1.807, 2.05) is 11.8 Å². The number of amides is 1. The maximum Gasteiger partial charge on any atom is 0.222 e. The highest BCUT2D eigenvalue weighted by Crippen LogP contribution is 2.24. The molecule has 0 aliphatic carbocycles. The fourth-order valence-corrected chi connectivity index (χ4v) is 3.57. The summed E-state index contributed by atoms with van der Waals surface area (Å²) in [6.45, 7) is 6.56. The van der Waals surface area contributed by atoms with Crippen molar-refractivity contribution < 1.29 is 4.79 Å². The minimum absolute atomic E-state index is 0.294. The second-order valence-electron chi connectivity index (χ2n) is 7.00. The summed E-state index contributed by atoms with van der Waals surface area (Å²) < 4.78 is 0. The normalized spacial score (nSPS) is 21.8. The van der Waals surface area contributed by atoms with Gasteiger partial charge in [-0.2, -0.15) is 0 Å². The van der Waals surface area contributed by atoms with Crippen molar-refractivity contribution in [1.29, 1.82) is 0 Å². The van der Waals surface area contributed by atoms with Gasteiger partial charge < -0.3 is 15.1 Å². The van der Waals surface area contributed by atoms with E-state index in [2.05, 4.69) is 33.3 Å². The summed E-state index contributed by atoms with van der Waals surface area (Å²) in [7, 11) is 2.05. The molecule has 0 aromatic carbocycles. The predicted octanol–water partition coefficient (Wildman–Crippen LogP) is 1.70. The van der Waals surface area contributed by atoms with E-state index in [4.69, 9.17) is 0 Å². The zero-order valence-electron chi connectivity index (χ0n) is 14.9. The van der Waals surface area contributed by atoms with Crippen LogP contribution in [0, 0.1) is 6.92 Å². The fraction of sp³-hybridized carbons (Fsp3) is 0.722. The van der Waals surface area contributed by atoms with Crippen LogP contribution in [0.1, 0.15) is 49.5 Å². The van der Waals surface area contributed by atoms with E-state index >= 15 is 0 Å². The number of nitrogens with one attached hydrogen (secondary N) is 1. The Bertz CT molecular complexity index is 571. The van der Waals surface area contributed by atoms with Gasteiger partial charge in [0.2, 0.25) is 5.91 Å². The first-order chi connectivity index (χ1) is 11.6. The molecule has 0 bridgehead atoms. The van der Waals surface area contributed by atoms with Gasteiger partial charge in [0.05, 0.1) is 5.69 Å². The number of likely N-dealkylation sites (tertiary alicyclic amines) is 1. The van der Waals surface area contributed by atoms with Crippen molar-refractivity contribution in [2.45, 2.75) is 44.9 Å². The number of hydrogen-bond acceptors (Lipinski definition) is 5. The molecule has 2 aliphatic rings.